The summed E-state index contributed by atoms with van der Waals surface area (Å²) in [5.41, 5.74) is 2.17. The maximum absolute atomic E-state index is 12.6. The Labute approximate surface area is 125 Å². The van der Waals surface area contributed by atoms with Crippen LogP contribution in [0.1, 0.15) is 18.1 Å². The predicted octanol–water partition coefficient (Wildman–Crippen LogP) is 4.08. The maximum atomic E-state index is 12.6. The smallest absolute Gasteiger partial charge is 0.230 e. The minimum absolute atomic E-state index is 0.148. The molecule has 4 heteroatoms. The number of allylic oxidation sites excluding steroid dienone is 1. The third-order valence-corrected chi connectivity index (χ3v) is 5.01. The molecule has 106 valence electrons. The summed E-state index contributed by atoms with van der Waals surface area (Å²) < 4.78 is 25.2. The Kier molecular flexibility index (Phi) is 4.25. The van der Waals surface area contributed by atoms with Crippen LogP contribution in [0.3, 0.4) is 0 Å². The van der Waals surface area contributed by atoms with Crippen LogP contribution in [0, 0.1) is 13.5 Å². The summed E-state index contributed by atoms with van der Waals surface area (Å²) in [6.07, 6.45) is 0. The molecule has 0 radical (unpaired) electrons. The lowest BCUT2D eigenvalue weighted by molar-refractivity contribution is 0.603. The average Bonchev–Trinajstić information content (AvgIpc) is 2.49. The first-order valence-electron chi connectivity index (χ1n) is 6.42. The van der Waals surface area contributed by atoms with E-state index in [1.807, 2.05) is 25.1 Å². The van der Waals surface area contributed by atoms with Crippen molar-refractivity contribution < 1.29 is 8.42 Å². The summed E-state index contributed by atoms with van der Waals surface area (Å²) in [6, 6.07) is 15.6. The van der Waals surface area contributed by atoms with E-state index < -0.39 is 9.84 Å². The van der Waals surface area contributed by atoms with E-state index in [0.29, 0.717) is 5.57 Å². The molecule has 0 aliphatic rings. The van der Waals surface area contributed by atoms with Crippen molar-refractivity contribution in [3.05, 3.63) is 82.2 Å². The molecular formula is C17H15NO2S. The number of aryl methyl sites for hydroxylation is 1. The molecule has 3 nitrogen and oxygen atoms in total. The summed E-state index contributed by atoms with van der Waals surface area (Å²) in [7, 11) is -3.79. The predicted molar refractivity (Wildman–Crippen MR) is 84.0 cm³/mol. The fourth-order valence-electron chi connectivity index (χ4n) is 1.99. The lowest BCUT2D eigenvalue weighted by atomic mass is 10.1. The van der Waals surface area contributed by atoms with Crippen molar-refractivity contribution in [2.75, 3.05) is 0 Å². The van der Waals surface area contributed by atoms with Crippen LogP contribution in [0.2, 0.25) is 0 Å². The second-order valence-corrected chi connectivity index (χ2v) is 6.59. The third kappa shape index (κ3) is 3.04. The molecular weight excluding hydrogens is 282 g/mol. The molecule has 0 spiro atoms. The normalized spacial score (nSPS) is 12.4. The van der Waals surface area contributed by atoms with Gasteiger partial charge in [-0.2, -0.15) is 0 Å². The summed E-state index contributed by atoms with van der Waals surface area (Å²) in [5, 5.41) is -0.224. The largest absolute Gasteiger partial charge is 0.286 e. The van der Waals surface area contributed by atoms with Crippen LogP contribution >= 0.6 is 0 Å². The van der Waals surface area contributed by atoms with Crippen LogP contribution in [0.25, 0.3) is 10.4 Å². The third-order valence-electron chi connectivity index (χ3n) is 3.21. The molecule has 0 bridgehead atoms. The fourth-order valence-corrected chi connectivity index (χ4v) is 3.34. The molecule has 0 N–H and O–H groups in total. The molecule has 2 aromatic rings. The molecule has 0 saturated carbocycles. The van der Waals surface area contributed by atoms with Crippen LogP contribution in [0.4, 0.5) is 0 Å². The molecule has 2 aromatic carbocycles. The van der Waals surface area contributed by atoms with E-state index in [1.165, 1.54) is 12.1 Å². The average molecular weight is 297 g/mol. The molecule has 0 unspecified atom stereocenters. The number of rotatable bonds is 3. The maximum Gasteiger partial charge on any atom is 0.286 e. The van der Waals surface area contributed by atoms with Crippen molar-refractivity contribution >= 4 is 15.4 Å². The molecule has 21 heavy (non-hydrogen) atoms. The second kappa shape index (κ2) is 5.94. The lowest BCUT2D eigenvalue weighted by Gasteiger charge is -2.08. The molecule has 0 aliphatic heterocycles. The summed E-state index contributed by atoms with van der Waals surface area (Å²) in [4.78, 5) is 3.42. The van der Waals surface area contributed by atoms with E-state index in [0.717, 1.165) is 11.1 Å². The Hall–Kier alpha value is -2.38. The van der Waals surface area contributed by atoms with Gasteiger partial charge >= 0.3 is 0 Å². The van der Waals surface area contributed by atoms with E-state index in [9.17, 15) is 8.42 Å². The second-order valence-electron chi connectivity index (χ2n) is 4.72. The first-order chi connectivity index (χ1) is 9.96. The molecule has 0 amide bonds. The zero-order valence-electron chi connectivity index (χ0n) is 11.9. The minimum atomic E-state index is -3.79. The molecule has 0 saturated heterocycles. The van der Waals surface area contributed by atoms with Gasteiger partial charge in [0, 0.05) is 0 Å². The Morgan fingerprint density at radius 2 is 1.57 bits per heavy atom. The first kappa shape index (κ1) is 15.0. The summed E-state index contributed by atoms with van der Waals surface area (Å²) in [6.45, 7) is 10.8. The van der Waals surface area contributed by atoms with Crippen molar-refractivity contribution in [3.8, 4) is 0 Å². The van der Waals surface area contributed by atoms with Crippen molar-refractivity contribution in [3.63, 3.8) is 0 Å². The number of hydrogen-bond donors (Lipinski definition) is 0. The lowest BCUT2D eigenvalue weighted by Crippen LogP contribution is -2.04. The SMILES string of the molecule is [C-]#[N+]/C(=C(\C)c1ccccc1)S(=O)(=O)c1ccc(C)cc1. The van der Waals surface area contributed by atoms with Crippen LogP contribution in [0.15, 0.2) is 64.5 Å². The van der Waals surface area contributed by atoms with Gasteiger partial charge in [-0.15, -0.1) is 0 Å². The molecule has 0 aromatic heterocycles. The van der Waals surface area contributed by atoms with Crippen LogP contribution in [0.5, 0.6) is 0 Å². The van der Waals surface area contributed by atoms with Gasteiger partial charge < -0.3 is 0 Å². The Bertz CT molecular complexity index is 811. The van der Waals surface area contributed by atoms with E-state index in [4.69, 9.17) is 6.57 Å². The van der Waals surface area contributed by atoms with Crippen LogP contribution in [-0.2, 0) is 9.84 Å². The summed E-state index contributed by atoms with van der Waals surface area (Å²) >= 11 is 0. The Morgan fingerprint density at radius 3 is 2.10 bits per heavy atom. The van der Waals surface area contributed by atoms with Gasteiger partial charge in [0.2, 0.25) is 9.84 Å². The van der Waals surface area contributed by atoms with Crippen LogP contribution in [-0.4, -0.2) is 8.42 Å². The van der Waals surface area contributed by atoms with Crippen molar-refractivity contribution in [1.82, 2.24) is 0 Å². The Balaban J connectivity index is 2.61. The Morgan fingerprint density at radius 1 is 1.00 bits per heavy atom. The highest BCUT2D eigenvalue weighted by atomic mass is 32.2. The highest BCUT2D eigenvalue weighted by Crippen LogP contribution is 2.28. The zero-order chi connectivity index (χ0) is 15.5. The van der Waals surface area contributed by atoms with Crippen molar-refractivity contribution in [2.24, 2.45) is 0 Å². The van der Waals surface area contributed by atoms with Gasteiger partial charge in [0.05, 0.1) is 11.5 Å². The molecule has 0 aliphatic carbocycles. The molecule has 0 fully saturated rings. The van der Waals surface area contributed by atoms with Gasteiger partial charge in [-0.3, -0.25) is 0 Å². The molecule has 0 heterocycles. The topological polar surface area (TPSA) is 38.5 Å². The first-order valence-corrected chi connectivity index (χ1v) is 7.90. The number of benzene rings is 2. The van der Waals surface area contributed by atoms with E-state index in [1.54, 1.807) is 31.2 Å². The number of nitrogens with zero attached hydrogens (tertiary/aromatic N) is 1. The fraction of sp³-hybridized carbons (Fsp3) is 0.118. The highest BCUT2D eigenvalue weighted by Gasteiger charge is 2.24. The monoisotopic (exact) mass is 297 g/mol. The van der Waals surface area contributed by atoms with Crippen molar-refractivity contribution in [2.45, 2.75) is 18.7 Å². The van der Waals surface area contributed by atoms with Crippen molar-refractivity contribution in [1.29, 1.82) is 0 Å². The quantitative estimate of drug-likeness (QED) is 0.801. The standard InChI is InChI=1S/C17H15NO2S/c1-13-9-11-16(12-10-13)21(19,20)17(18-3)14(2)15-7-5-4-6-8-15/h4-12H,1-2H3/b17-14-. The van der Waals surface area contributed by atoms with E-state index in [2.05, 4.69) is 4.85 Å². The van der Waals surface area contributed by atoms with Gasteiger partial charge in [0.25, 0.3) is 5.03 Å². The number of hydrogen-bond acceptors (Lipinski definition) is 2. The number of sulfone groups is 1. The minimum Gasteiger partial charge on any atom is -0.230 e. The van der Waals surface area contributed by atoms with E-state index in [-0.39, 0.29) is 9.92 Å². The van der Waals surface area contributed by atoms with Gasteiger partial charge in [0.15, 0.2) is 0 Å². The van der Waals surface area contributed by atoms with Gasteiger partial charge in [-0.25, -0.2) is 13.3 Å². The van der Waals surface area contributed by atoms with Gasteiger partial charge in [-0.1, -0.05) is 48.0 Å². The molecule has 0 atom stereocenters. The summed E-state index contributed by atoms with van der Waals surface area (Å²) in [5.74, 6) is 0. The van der Waals surface area contributed by atoms with E-state index >= 15 is 0 Å². The molecule has 2 rings (SSSR count). The zero-order valence-corrected chi connectivity index (χ0v) is 12.7. The highest BCUT2D eigenvalue weighted by molar-refractivity contribution is 7.95. The van der Waals surface area contributed by atoms with Crippen LogP contribution < -0.4 is 0 Å². The van der Waals surface area contributed by atoms with Gasteiger partial charge in [-0.05, 0) is 37.1 Å². The van der Waals surface area contributed by atoms with Gasteiger partial charge in [0.1, 0.15) is 0 Å².